The van der Waals surface area contributed by atoms with Gasteiger partial charge in [0.05, 0.1) is 30.0 Å². The van der Waals surface area contributed by atoms with Crippen LogP contribution in [-0.2, 0) is 16.1 Å². The molecule has 0 spiro atoms. The van der Waals surface area contributed by atoms with Gasteiger partial charge in [-0.25, -0.2) is 4.68 Å². The second kappa shape index (κ2) is 9.18. The first-order chi connectivity index (χ1) is 14.6. The highest BCUT2D eigenvalue weighted by atomic mass is 32.2. The second-order valence-electron chi connectivity index (χ2n) is 7.97. The number of ether oxygens (including phenoxy) is 1. The highest BCUT2D eigenvalue weighted by Gasteiger charge is 2.25. The Balaban J connectivity index is 1.46. The number of nitrogens with one attached hydrogen (secondary N) is 1. The maximum absolute atomic E-state index is 12.8. The molecule has 10 heteroatoms. The Kier molecular flexibility index (Phi) is 6.39. The fraction of sp³-hybridized carbons (Fsp3) is 0.650. The number of rotatable bonds is 7. The van der Waals surface area contributed by atoms with Crippen LogP contribution in [0.4, 0.5) is 5.82 Å². The Morgan fingerprint density at radius 3 is 2.80 bits per heavy atom. The SMILES string of the molecule is Cc1c(C#N)c(NC(=O)CSc2nnnn2C2CCCC2)n(C[C@H]2CCCO2)c1C. The van der Waals surface area contributed by atoms with Gasteiger partial charge >= 0.3 is 0 Å². The summed E-state index contributed by atoms with van der Waals surface area (Å²) in [4.78, 5) is 12.8. The number of amides is 1. The van der Waals surface area contributed by atoms with E-state index < -0.39 is 0 Å². The van der Waals surface area contributed by atoms with Crippen molar-refractivity contribution in [2.75, 3.05) is 17.7 Å². The van der Waals surface area contributed by atoms with E-state index in [1.807, 2.05) is 23.1 Å². The molecule has 1 saturated carbocycles. The van der Waals surface area contributed by atoms with Gasteiger partial charge in [0.1, 0.15) is 11.9 Å². The van der Waals surface area contributed by atoms with E-state index in [0.717, 1.165) is 43.5 Å². The third kappa shape index (κ3) is 4.23. The minimum atomic E-state index is -0.177. The first-order valence-electron chi connectivity index (χ1n) is 10.5. The Morgan fingerprint density at radius 2 is 2.10 bits per heavy atom. The molecule has 0 radical (unpaired) electrons. The van der Waals surface area contributed by atoms with Crippen LogP contribution in [0.25, 0.3) is 0 Å². The molecule has 1 aliphatic carbocycles. The summed E-state index contributed by atoms with van der Waals surface area (Å²) in [5, 5.41) is 25.3. The summed E-state index contributed by atoms with van der Waals surface area (Å²) in [6, 6.07) is 2.58. The van der Waals surface area contributed by atoms with Crippen molar-refractivity contribution in [2.24, 2.45) is 0 Å². The maximum atomic E-state index is 12.8. The fourth-order valence-corrected chi connectivity index (χ4v) is 5.05. The van der Waals surface area contributed by atoms with E-state index in [4.69, 9.17) is 4.74 Å². The van der Waals surface area contributed by atoms with E-state index in [2.05, 4.69) is 26.9 Å². The average molecular weight is 430 g/mol. The molecule has 1 N–H and O–H groups in total. The lowest BCUT2D eigenvalue weighted by atomic mass is 10.2. The number of tetrazole rings is 1. The van der Waals surface area contributed by atoms with Crippen LogP contribution < -0.4 is 5.32 Å². The van der Waals surface area contributed by atoms with Crippen molar-refractivity contribution in [2.45, 2.75) is 76.2 Å². The number of carbonyl (C=O) groups excluding carboxylic acids is 1. The molecule has 1 saturated heterocycles. The van der Waals surface area contributed by atoms with E-state index in [9.17, 15) is 10.1 Å². The van der Waals surface area contributed by atoms with Gasteiger partial charge in [0, 0.05) is 12.3 Å². The maximum Gasteiger partial charge on any atom is 0.235 e. The van der Waals surface area contributed by atoms with Gasteiger partial charge in [-0.05, 0) is 55.5 Å². The van der Waals surface area contributed by atoms with Crippen molar-refractivity contribution in [1.29, 1.82) is 5.26 Å². The summed E-state index contributed by atoms with van der Waals surface area (Å²) in [6.07, 6.45) is 6.67. The zero-order valence-corrected chi connectivity index (χ0v) is 18.2. The number of nitrogens with zero attached hydrogens (tertiary/aromatic N) is 6. The van der Waals surface area contributed by atoms with Crippen LogP contribution in [0.1, 0.15) is 61.4 Å². The molecule has 2 fully saturated rings. The minimum Gasteiger partial charge on any atom is -0.376 e. The number of anilines is 1. The fourth-order valence-electron chi connectivity index (χ4n) is 4.31. The first-order valence-corrected chi connectivity index (χ1v) is 11.5. The van der Waals surface area contributed by atoms with Crippen molar-refractivity contribution in [3.8, 4) is 6.07 Å². The molecule has 2 aliphatic rings. The highest BCUT2D eigenvalue weighted by Crippen LogP contribution is 2.32. The van der Waals surface area contributed by atoms with Gasteiger partial charge in [-0.2, -0.15) is 5.26 Å². The van der Waals surface area contributed by atoms with Crippen LogP contribution in [0.5, 0.6) is 0 Å². The molecule has 2 aromatic heterocycles. The average Bonchev–Trinajstić information content (AvgIpc) is 3.53. The summed E-state index contributed by atoms with van der Waals surface area (Å²) < 4.78 is 9.62. The molecular formula is C20H27N7O2S. The molecule has 30 heavy (non-hydrogen) atoms. The van der Waals surface area contributed by atoms with Crippen LogP contribution in [0.15, 0.2) is 5.16 Å². The largest absolute Gasteiger partial charge is 0.376 e. The van der Waals surface area contributed by atoms with Gasteiger partial charge in [0.15, 0.2) is 0 Å². The molecule has 1 aliphatic heterocycles. The summed E-state index contributed by atoms with van der Waals surface area (Å²) in [7, 11) is 0. The topological polar surface area (TPSA) is 111 Å². The Labute approximate surface area is 180 Å². The summed E-state index contributed by atoms with van der Waals surface area (Å²) in [6.45, 7) is 5.30. The number of aromatic nitrogens is 5. The lowest BCUT2D eigenvalue weighted by Crippen LogP contribution is -2.22. The van der Waals surface area contributed by atoms with Crippen molar-refractivity contribution in [1.82, 2.24) is 24.8 Å². The van der Waals surface area contributed by atoms with E-state index in [1.165, 1.54) is 24.6 Å². The monoisotopic (exact) mass is 429 g/mol. The van der Waals surface area contributed by atoms with Gasteiger partial charge in [-0.15, -0.1) is 5.10 Å². The molecule has 1 amide bonds. The van der Waals surface area contributed by atoms with Gasteiger partial charge in [0.25, 0.3) is 0 Å². The predicted molar refractivity (Wildman–Crippen MR) is 112 cm³/mol. The van der Waals surface area contributed by atoms with Crippen LogP contribution in [0, 0.1) is 25.2 Å². The molecule has 2 aromatic rings. The second-order valence-corrected chi connectivity index (χ2v) is 8.92. The molecule has 0 unspecified atom stereocenters. The smallest absolute Gasteiger partial charge is 0.235 e. The van der Waals surface area contributed by atoms with Gasteiger partial charge < -0.3 is 14.6 Å². The molecule has 9 nitrogen and oxygen atoms in total. The molecule has 4 rings (SSSR count). The third-order valence-electron chi connectivity index (χ3n) is 6.07. The number of hydrogen-bond acceptors (Lipinski definition) is 7. The Morgan fingerprint density at radius 1 is 1.30 bits per heavy atom. The van der Waals surface area contributed by atoms with E-state index >= 15 is 0 Å². The van der Waals surface area contributed by atoms with Crippen LogP contribution >= 0.6 is 11.8 Å². The van der Waals surface area contributed by atoms with E-state index in [0.29, 0.717) is 29.1 Å². The summed E-state index contributed by atoms with van der Waals surface area (Å²) >= 11 is 1.33. The van der Waals surface area contributed by atoms with Crippen molar-refractivity contribution in [3.05, 3.63) is 16.8 Å². The lowest BCUT2D eigenvalue weighted by molar-refractivity contribution is -0.113. The van der Waals surface area contributed by atoms with Gasteiger partial charge in [0.2, 0.25) is 11.1 Å². The molecular weight excluding hydrogens is 402 g/mol. The Bertz CT molecular complexity index is 949. The Hall–Kier alpha value is -2.38. The standard InChI is InChI=1S/C20H27N7O2S/c1-13-14(2)26(11-16-8-5-9-29-16)19(17(13)10-21)22-18(28)12-30-20-23-24-25-27(20)15-6-3-4-7-15/h15-16H,3-9,11-12H2,1-2H3,(H,22,28)/t16-/m1/s1. The van der Waals surface area contributed by atoms with E-state index in [1.54, 1.807) is 0 Å². The first kappa shape index (κ1) is 20.9. The number of nitriles is 1. The number of hydrogen-bond donors (Lipinski definition) is 1. The third-order valence-corrected chi connectivity index (χ3v) is 7.01. The minimum absolute atomic E-state index is 0.114. The van der Waals surface area contributed by atoms with Crippen LogP contribution in [-0.4, -0.2) is 49.1 Å². The van der Waals surface area contributed by atoms with Gasteiger partial charge in [-0.3, -0.25) is 4.79 Å². The van der Waals surface area contributed by atoms with E-state index in [-0.39, 0.29) is 17.8 Å². The molecule has 1 atom stereocenters. The summed E-state index contributed by atoms with van der Waals surface area (Å²) in [5.74, 6) is 0.564. The highest BCUT2D eigenvalue weighted by molar-refractivity contribution is 7.99. The molecule has 3 heterocycles. The van der Waals surface area contributed by atoms with Crippen molar-refractivity contribution >= 4 is 23.5 Å². The quantitative estimate of drug-likeness (QED) is 0.674. The van der Waals surface area contributed by atoms with Crippen molar-refractivity contribution < 1.29 is 9.53 Å². The number of carbonyl (C=O) groups is 1. The number of thioether (sulfide) groups is 1. The van der Waals surface area contributed by atoms with Crippen molar-refractivity contribution in [3.63, 3.8) is 0 Å². The zero-order valence-electron chi connectivity index (χ0n) is 17.4. The van der Waals surface area contributed by atoms with Gasteiger partial charge in [-0.1, -0.05) is 24.6 Å². The molecule has 0 aromatic carbocycles. The predicted octanol–water partition coefficient (Wildman–Crippen LogP) is 2.99. The normalized spacial score (nSPS) is 19.3. The lowest BCUT2D eigenvalue weighted by Gasteiger charge is -2.17. The molecule has 0 bridgehead atoms. The van der Waals surface area contributed by atoms with Crippen LogP contribution in [0.2, 0.25) is 0 Å². The zero-order chi connectivity index (χ0) is 21.1. The summed E-state index contributed by atoms with van der Waals surface area (Å²) in [5.41, 5.74) is 2.39. The molecule has 160 valence electrons. The van der Waals surface area contributed by atoms with Crippen LogP contribution in [0.3, 0.4) is 0 Å².